The van der Waals surface area contributed by atoms with Gasteiger partial charge in [0.25, 0.3) is 0 Å². The summed E-state index contributed by atoms with van der Waals surface area (Å²) in [6.07, 6.45) is 2.00. The molecule has 12 heteroatoms. The van der Waals surface area contributed by atoms with Gasteiger partial charge in [-0.15, -0.1) is 0 Å². The monoisotopic (exact) mass is 754 g/mol. The van der Waals surface area contributed by atoms with Crippen molar-refractivity contribution in [3.63, 3.8) is 0 Å². The van der Waals surface area contributed by atoms with Crippen LogP contribution >= 0.6 is 0 Å². The molecular formula is C41H70O12. The molecular weight excluding hydrogens is 684 g/mol. The van der Waals surface area contributed by atoms with Gasteiger partial charge in [0, 0.05) is 49.5 Å². The van der Waals surface area contributed by atoms with Crippen molar-refractivity contribution in [1.82, 2.24) is 0 Å². The maximum atomic E-state index is 12.1. The lowest BCUT2D eigenvalue weighted by Crippen LogP contribution is -2.65. The Labute approximate surface area is 316 Å². The molecule has 6 rings (SSSR count). The van der Waals surface area contributed by atoms with Gasteiger partial charge in [0.15, 0.2) is 17.4 Å². The van der Waals surface area contributed by atoms with E-state index >= 15 is 0 Å². The van der Waals surface area contributed by atoms with E-state index in [1.54, 1.807) is 21.0 Å². The molecule has 6 saturated heterocycles. The van der Waals surface area contributed by atoms with E-state index in [0.717, 1.165) is 25.7 Å². The Morgan fingerprint density at radius 2 is 1.49 bits per heavy atom. The predicted molar refractivity (Wildman–Crippen MR) is 194 cm³/mol. The summed E-state index contributed by atoms with van der Waals surface area (Å²) >= 11 is 0. The van der Waals surface area contributed by atoms with Gasteiger partial charge in [-0.2, -0.15) is 0 Å². The molecule has 0 aromatic carbocycles. The van der Waals surface area contributed by atoms with E-state index < -0.39 is 70.8 Å². The second kappa shape index (κ2) is 14.5. The molecule has 21 atom stereocenters. The number of carbonyl (C=O) groups is 1. The van der Waals surface area contributed by atoms with Crippen molar-refractivity contribution in [2.75, 3.05) is 7.11 Å². The van der Waals surface area contributed by atoms with E-state index in [9.17, 15) is 25.2 Å². The van der Waals surface area contributed by atoms with Gasteiger partial charge in [-0.25, -0.2) is 0 Å². The molecule has 4 N–H and O–H groups in total. The molecule has 2 unspecified atom stereocenters. The van der Waals surface area contributed by atoms with Gasteiger partial charge in [-0.1, -0.05) is 48.5 Å². The standard InChI is InChI=1S/C41H70O12/c1-20-17-22(3)39(11,45)50-31(20)29-18-21(2)35(48-29)38(10)14-13-30(49-38)37(9)15-16-40(53-37)19-28(42)23(4)32(51-40)24(5)33-25(6)34(47-12)26(7)41(46,52-33)27(8)36(43)44/h20-35,42,45-46H,13-19H2,1-12H3,(H,43,44)/t20-,21-,22+,23+,24+,25-,26-,27?,28-,29+,30+,31-,32-,33?,34-,35+,37-,38-,39-,40+,41+/m0/s1. The summed E-state index contributed by atoms with van der Waals surface area (Å²) in [4.78, 5) is 12.1. The first-order valence-corrected chi connectivity index (χ1v) is 20.5. The summed E-state index contributed by atoms with van der Waals surface area (Å²) in [6.45, 7) is 21.6. The van der Waals surface area contributed by atoms with Crippen LogP contribution in [0.15, 0.2) is 0 Å². The SMILES string of the molecule is CO[C@H]1[C@@H](C)C([C@H](C)[C@H]2O[C@@]3(CC[C@@](C)([C@H]4CC[C@@](C)([C@@H]5O[C@@H]([C@H]6O[C@](C)(O)[C@H](C)C[C@@H]6C)C[C@@H]5C)O4)O3)C[C@H](O)[C@H]2C)O[C@@](O)(C(C)C(=O)O)[C@H]1C. The predicted octanol–water partition coefficient (Wildman–Crippen LogP) is 5.27. The van der Waals surface area contributed by atoms with Crippen molar-refractivity contribution in [2.45, 2.75) is 199 Å². The minimum Gasteiger partial charge on any atom is -0.481 e. The second-order valence-electron chi connectivity index (χ2n) is 19.2. The average Bonchev–Trinajstić information content (AvgIpc) is 3.78. The zero-order chi connectivity index (χ0) is 39.2. The lowest BCUT2D eigenvalue weighted by molar-refractivity contribution is -0.365. The number of hydrogen-bond acceptors (Lipinski definition) is 11. The van der Waals surface area contributed by atoms with E-state index in [4.69, 9.17) is 33.2 Å². The average molecular weight is 755 g/mol. The van der Waals surface area contributed by atoms with E-state index in [0.29, 0.717) is 19.3 Å². The number of aliphatic hydroxyl groups excluding tert-OH is 1. The lowest BCUT2D eigenvalue weighted by Gasteiger charge is -2.54. The molecule has 0 radical (unpaired) electrons. The van der Waals surface area contributed by atoms with Crippen LogP contribution in [0.25, 0.3) is 0 Å². The van der Waals surface area contributed by atoms with Crippen molar-refractivity contribution in [3.8, 4) is 0 Å². The van der Waals surface area contributed by atoms with Crippen molar-refractivity contribution in [2.24, 2.45) is 47.3 Å². The second-order valence-corrected chi connectivity index (χ2v) is 19.2. The van der Waals surface area contributed by atoms with Crippen molar-refractivity contribution in [3.05, 3.63) is 0 Å². The number of aliphatic carboxylic acids is 1. The number of methoxy groups -OCH3 is 1. The summed E-state index contributed by atoms with van der Waals surface area (Å²) in [5, 5.41) is 44.1. The molecule has 6 aliphatic rings. The summed E-state index contributed by atoms with van der Waals surface area (Å²) in [6, 6.07) is 0. The topological polar surface area (TPSA) is 163 Å². The summed E-state index contributed by atoms with van der Waals surface area (Å²) < 4.78 is 46.4. The van der Waals surface area contributed by atoms with E-state index in [1.165, 1.54) is 6.92 Å². The number of ether oxygens (including phenoxy) is 7. The van der Waals surface area contributed by atoms with Crippen molar-refractivity contribution < 1.29 is 58.4 Å². The maximum Gasteiger partial charge on any atom is 0.311 e. The third kappa shape index (κ3) is 7.16. The fourth-order valence-corrected chi connectivity index (χ4v) is 11.5. The molecule has 0 saturated carbocycles. The minimum absolute atomic E-state index is 0.0508. The summed E-state index contributed by atoms with van der Waals surface area (Å²) in [7, 11) is 1.58. The third-order valence-corrected chi connectivity index (χ3v) is 15.2. The van der Waals surface area contributed by atoms with Gasteiger partial charge in [-0.3, -0.25) is 4.79 Å². The van der Waals surface area contributed by atoms with Gasteiger partial charge < -0.3 is 53.6 Å². The Morgan fingerprint density at radius 1 is 0.830 bits per heavy atom. The number of carboxylic acid groups (broad SMARTS) is 1. The highest BCUT2D eigenvalue weighted by Gasteiger charge is 2.63. The van der Waals surface area contributed by atoms with E-state index in [1.807, 2.05) is 27.7 Å². The smallest absolute Gasteiger partial charge is 0.311 e. The Balaban J connectivity index is 1.15. The first kappa shape index (κ1) is 41.7. The first-order valence-electron chi connectivity index (χ1n) is 20.5. The van der Waals surface area contributed by atoms with Gasteiger partial charge in [-0.05, 0) is 71.6 Å². The van der Waals surface area contributed by atoms with Crippen LogP contribution < -0.4 is 0 Å². The first-order chi connectivity index (χ1) is 24.5. The molecule has 6 fully saturated rings. The van der Waals surface area contributed by atoms with Crippen LogP contribution in [0.5, 0.6) is 0 Å². The largest absolute Gasteiger partial charge is 0.481 e. The highest BCUT2D eigenvalue weighted by molar-refractivity contribution is 5.70. The molecule has 306 valence electrons. The molecule has 1 spiro atoms. The van der Waals surface area contributed by atoms with Gasteiger partial charge in [0.05, 0.1) is 60.0 Å². The molecule has 12 nitrogen and oxygen atoms in total. The fourth-order valence-electron chi connectivity index (χ4n) is 11.5. The Morgan fingerprint density at radius 3 is 2.13 bits per heavy atom. The molecule has 6 heterocycles. The van der Waals surface area contributed by atoms with E-state index in [2.05, 4.69) is 27.7 Å². The van der Waals surface area contributed by atoms with Gasteiger partial charge in [0.2, 0.25) is 0 Å². The number of aliphatic hydroxyl groups is 3. The quantitative estimate of drug-likeness (QED) is 0.255. The summed E-state index contributed by atoms with van der Waals surface area (Å²) in [5.41, 5.74) is -1.19. The van der Waals surface area contributed by atoms with Crippen LogP contribution in [0, 0.1) is 47.3 Å². The number of hydrogen-bond donors (Lipinski definition) is 4. The Kier molecular flexibility index (Phi) is 11.4. The van der Waals surface area contributed by atoms with Gasteiger partial charge in [0.1, 0.15) is 5.92 Å². The van der Waals surface area contributed by atoms with Crippen LogP contribution in [-0.2, 0) is 38.0 Å². The molecule has 6 aliphatic heterocycles. The summed E-state index contributed by atoms with van der Waals surface area (Å²) in [5.74, 6) is -7.35. The molecule has 0 aromatic rings. The van der Waals surface area contributed by atoms with Crippen molar-refractivity contribution >= 4 is 5.97 Å². The van der Waals surface area contributed by atoms with Crippen LogP contribution in [0.4, 0.5) is 0 Å². The van der Waals surface area contributed by atoms with Crippen LogP contribution in [0.1, 0.15) is 121 Å². The third-order valence-electron chi connectivity index (χ3n) is 15.2. The zero-order valence-corrected chi connectivity index (χ0v) is 34.2. The Bertz CT molecular complexity index is 1330. The van der Waals surface area contributed by atoms with Crippen LogP contribution in [-0.4, -0.2) is 111 Å². The molecule has 0 aliphatic carbocycles. The van der Waals surface area contributed by atoms with E-state index in [-0.39, 0.29) is 59.9 Å². The maximum absolute atomic E-state index is 12.1. The van der Waals surface area contributed by atoms with Crippen LogP contribution in [0.3, 0.4) is 0 Å². The zero-order valence-electron chi connectivity index (χ0n) is 34.2. The highest BCUT2D eigenvalue weighted by atomic mass is 16.7. The van der Waals surface area contributed by atoms with Gasteiger partial charge >= 0.3 is 5.97 Å². The molecule has 0 amide bonds. The molecule has 53 heavy (non-hydrogen) atoms. The molecule has 0 bridgehead atoms. The van der Waals surface area contributed by atoms with Crippen LogP contribution in [0.2, 0.25) is 0 Å². The molecule has 0 aromatic heterocycles. The van der Waals surface area contributed by atoms with Crippen molar-refractivity contribution in [1.29, 1.82) is 0 Å². The lowest BCUT2D eigenvalue weighted by atomic mass is 9.71. The highest BCUT2D eigenvalue weighted by Crippen LogP contribution is 2.55. The Hall–Kier alpha value is -0.930. The normalized spacial score (nSPS) is 56.1. The number of carboxylic acids is 1. The fraction of sp³-hybridized carbons (Fsp3) is 0.976. The minimum atomic E-state index is -1.96. The number of rotatable bonds is 8.